The first-order chi connectivity index (χ1) is 38.8. The van der Waals surface area contributed by atoms with Crippen molar-refractivity contribution >= 4 is 111 Å². The number of para-hydroxylation sites is 3. The summed E-state index contributed by atoms with van der Waals surface area (Å²) >= 11 is 1.91. The van der Waals surface area contributed by atoms with Crippen molar-refractivity contribution in [2.75, 3.05) is 9.80 Å². The predicted molar refractivity (Wildman–Crippen MR) is 341 cm³/mol. The molecule has 0 spiro atoms. The van der Waals surface area contributed by atoms with Crippen LogP contribution in [0.2, 0.25) is 0 Å². The Kier molecular flexibility index (Phi) is 11.2. The minimum Gasteiger partial charge on any atom is -0.310 e. The molecule has 13 aromatic rings. The van der Waals surface area contributed by atoms with Crippen LogP contribution in [-0.4, -0.2) is 11.3 Å². The number of thiophene rings is 1. The van der Waals surface area contributed by atoms with Gasteiger partial charge in [0.2, 0.25) is 0 Å². The molecular formula is C74H58BN3S. The molecule has 0 saturated heterocycles. The second-order valence-electron chi connectivity index (χ2n) is 22.6. The number of nitrogens with zero attached hydrogens (tertiary/aromatic N) is 3. The molecule has 378 valence electrons. The van der Waals surface area contributed by atoms with Crippen LogP contribution in [0.4, 0.5) is 34.1 Å². The van der Waals surface area contributed by atoms with E-state index in [2.05, 4.69) is 285 Å². The lowest BCUT2D eigenvalue weighted by atomic mass is 9.33. The first kappa shape index (κ1) is 47.3. The second-order valence-corrected chi connectivity index (χ2v) is 23.7. The van der Waals surface area contributed by atoms with Gasteiger partial charge in [-0.05, 0) is 123 Å². The summed E-state index contributed by atoms with van der Waals surface area (Å²) in [5, 5.41) is 5.15. The maximum absolute atomic E-state index is 2.73. The SMILES string of the molecule is CCCCc1ccc2sc3ccccc3c2c1N1c2ccc(-c3ccccc3)cc2B2c3ccc(-n4c5ccccc5c5ccccc54)cc3N(c3c(-c4ccccc4)cccc3-c3ccccc3)c3cc(C(C)(C)C)cc1c32. The quantitative estimate of drug-likeness (QED) is 0.134. The van der Waals surface area contributed by atoms with Crippen molar-refractivity contribution in [1.82, 2.24) is 4.57 Å². The summed E-state index contributed by atoms with van der Waals surface area (Å²) in [6.07, 6.45) is 3.20. The molecule has 0 aliphatic carbocycles. The highest BCUT2D eigenvalue weighted by Gasteiger charge is 2.46. The molecule has 0 N–H and O–H groups in total. The molecule has 2 aliphatic heterocycles. The van der Waals surface area contributed by atoms with Crippen molar-refractivity contribution in [1.29, 1.82) is 0 Å². The zero-order valence-corrected chi connectivity index (χ0v) is 45.9. The van der Waals surface area contributed by atoms with E-state index in [1.54, 1.807) is 0 Å². The highest BCUT2D eigenvalue weighted by molar-refractivity contribution is 7.26. The van der Waals surface area contributed by atoms with Crippen LogP contribution >= 0.6 is 11.3 Å². The summed E-state index contributed by atoms with van der Waals surface area (Å²) in [5.74, 6) is 0. The Bertz CT molecular complexity index is 4420. The molecule has 79 heavy (non-hydrogen) atoms. The number of hydrogen-bond acceptors (Lipinski definition) is 3. The van der Waals surface area contributed by atoms with E-state index in [0.717, 1.165) is 30.6 Å². The number of rotatable bonds is 9. The highest BCUT2D eigenvalue weighted by atomic mass is 32.1. The fraction of sp³-hybridized carbons (Fsp3) is 0.108. The van der Waals surface area contributed by atoms with Gasteiger partial charge in [0.15, 0.2) is 0 Å². The maximum atomic E-state index is 2.73. The third kappa shape index (κ3) is 7.54. The average molecular weight is 1030 g/mol. The minimum atomic E-state index is -0.214. The Balaban J connectivity index is 1.12. The predicted octanol–water partition coefficient (Wildman–Crippen LogP) is 18.9. The van der Waals surface area contributed by atoms with E-state index in [1.807, 2.05) is 11.3 Å². The van der Waals surface area contributed by atoms with Crippen molar-refractivity contribution in [2.24, 2.45) is 0 Å². The average Bonchev–Trinajstić information content (AvgIpc) is 3.52. The molecule has 11 aromatic carbocycles. The van der Waals surface area contributed by atoms with Gasteiger partial charge in [0.05, 0.1) is 22.4 Å². The maximum Gasteiger partial charge on any atom is 0.252 e. The first-order valence-electron chi connectivity index (χ1n) is 28.1. The monoisotopic (exact) mass is 1030 g/mol. The lowest BCUT2D eigenvalue weighted by molar-refractivity contribution is 0.590. The number of fused-ring (bicyclic) bond motifs is 10. The van der Waals surface area contributed by atoms with E-state index in [-0.39, 0.29) is 12.1 Å². The zero-order valence-electron chi connectivity index (χ0n) is 45.0. The number of aryl methyl sites for hydroxylation is 1. The Morgan fingerprint density at radius 1 is 0.430 bits per heavy atom. The molecule has 0 amide bonds. The van der Waals surface area contributed by atoms with Gasteiger partial charge in [-0.25, -0.2) is 0 Å². The van der Waals surface area contributed by atoms with E-state index in [9.17, 15) is 0 Å². The highest BCUT2D eigenvalue weighted by Crippen LogP contribution is 2.54. The third-order valence-corrected chi connectivity index (χ3v) is 18.1. The number of hydrogen-bond donors (Lipinski definition) is 0. The van der Waals surface area contributed by atoms with Gasteiger partial charge in [0.1, 0.15) is 0 Å². The van der Waals surface area contributed by atoms with Crippen LogP contribution in [0.25, 0.3) is 81.0 Å². The fourth-order valence-electron chi connectivity index (χ4n) is 13.2. The van der Waals surface area contributed by atoms with E-state index in [1.165, 1.54) is 131 Å². The summed E-state index contributed by atoms with van der Waals surface area (Å²) in [6, 6.07) is 91.7. The Morgan fingerprint density at radius 2 is 1.01 bits per heavy atom. The molecule has 0 atom stereocenters. The normalized spacial score (nSPS) is 12.9. The summed E-state index contributed by atoms with van der Waals surface area (Å²) in [4.78, 5) is 5.43. The van der Waals surface area contributed by atoms with E-state index < -0.39 is 0 Å². The van der Waals surface area contributed by atoms with E-state index in [0.29, 0.717) is 0 Å². The smallest absolute Gasteiger partial charge is 0.252 e. The first-order valence-corrected chi connectivity index (χ1v) is 28.9. The van der Waals surface area contributed by atoms with E-state index >= 15 is 0 Å². The molecule has 2 aliphatic rings. The zero-order chi connectivity index (χ0) is 52.9. The summed E-state index contributed by atoms with van der Waals surface area (Å²) in [6.45, 7) is 9.37. The van der Waals surface area contributed by atoms with Gasteiger partial charge < -0.3 is 14.4 Å². The molecule has 0 radical (unpaired) electrons. The lowest BCUT2D eigenvalue weighted by Gasteiger charge is -2.46. The second kappa shape index (κ2) is 18.6. The molecule has 4 heterocycles. The number of benzene rings is 11. The molecule has 0 unspecified atom stereocenters. The molecular weight excluding hydrogens is 974 g/mol. The van der Waals surface area contributed by atoms with Crippen LogP contribution in [0.1, 0.15) is 51.7 Å². The van der Waals surface area contributed by atoms with Crippen molar-refractivity contribution in [2.45, 2.75) is 52.4 Å². The van der Waals surface area contributed by atoms with Gasteiger partial charge in [-0.2, -0.15) is 0 Å². The summed E-state index contributed by atoms with van der Waals surface area (Å²) in [7, 11) is 0. The minimum absolute atomic E-state index is 0.117. The summed E-state index contributed by atoms with van der Waals surface area (Å²) in [5.41, 5.74) is 24.3. The summed E-state index contributed by atoms with van der Waals surface area (Å²) < 4.78 is 5.12. The molecule has 0 fully saturated rings. The Labute approximate surface area is 467 Å². The van der Waals surface area contributed by atoms with Gasteiger partial charge in [-0.3, -0.25) is 0 Å². The van der Waals surface area contributed by atoms with Gasteiger partial charge in [-0.15, -0.1) is 11.3 Å². The molecule has 2 aromatic heterocycles. The third-order valence-electron chi connectivity index (χ3n) is 16.9. The molecule has 3 nitrogen and oxygen atoms in total. The van der Waals surface area contributed by atoms with Gasteiger partial charge in [-0.1, -0.05) is 222 Å². The van der Waals surface area contributed by atoms with E-state index in [4.69, 9.17) is 0 Å². The molecule has 0 saturated carbocycles. The van der Waals surface area contributed by atoms with Gasteiger partial charge in [0.25, 0.3) is 6.71 Å². The van der Waals surface area contributed by atoms with Crippen LogP contribution in [0.15, 0.2) is 243 Å². The van der Waals surface area contributed by atoms with Crippen molar-refractivity contribution < 1.29 is 0 Å². The standard InChI is InChI=1S/C74H58BN3S/c1-5-6-23-51-39-43-69-70(59-32-18-21-37-68(59)79-69)72(51)77-64-42-38-52(48-24-10-7-11-25-48)44-61(64)75-60-41-40-54(76-62-35-19-16-30-57(62)58-31-17-20-36-63(58)76)47-65(60)78(67-46-53(74(2,3)4)45-66(77)71(67)75)73-55(49-26-12-8-13-27-49)33-22-34-56(73)50-28-14-9-15-29-50/h7-22,24-47H,5-6,23H2,1-4H3. The lowest BCUT2D eigenvalue weighted by Crippen LogP contribution is -2.61. The largest absolute Gasteiger partial charge is 0.310 e. The Morgan fingerprint density at radius 3 is 1.65 bits per heavy atom. The van der Waals surface area contributed by atoms with Crippen molar-refractivity contribution in [3.8, 4) is 39.1 Å². The molecule has 15 rings (SSSR count). The Hall–Kier alpha value is -8.90. The van der Waals surface area contributed by atoms with Crippen molar-refractivity contribution in [3.63, 3.8) is 0 Å². The fourth-order valence-corrected chi connectivity index (χ4v) is 14.3. The van der Waals surface area contributed by atoms with Crippen LogP contribution in [0.3, 0.4) is 0 Å². The number of aromatic nitrogens is 1. The topological polar surface area (TPSA) is 11.4 Å². The van der Waals surface area contributed by atoms with Crippen LogP contribution in [0.5, 0.6) is 0 Å². The van der Waals surface area contributed by atoms with Crippen LogP contribution < -0.4 is 26.2 Å². The van der Waals surface area contributed by atoms with Gasteiger partial charge >= 0.3 is 0 Å². The van der Waals surface area contributed by atoms with Crippen LogP contribution in [-0.2, 0) is 11.8 Å². The number of unbranched alkanes of at least 4 members (excludes halogenated alkanes) is 1. The van der Waals surface area contributed by atoms with Gasteiger partial charge in [0, 0.05) is 70.5 Å². The molecule has 5 heteroatoms. The molecule has 0 bridgehead atoms. The van der Waals surface area contributed by atoms with Crippen molar-refractivity contribution in [3.05, 3.63) is 254 Å². The number of anilines is 6. The van der Waals surface area contributed by atoms with Crippen LogP contribution in [0, 0.1) is 0 Å².